The van der Waals surface area contributed by atoms with E-state index in [1.807, 2.05) is 0 Å². The lowest BCUT2D eigenvalue weighted by molar-refractivity contribution is -0.139. The van der Waals surface area contributed by atoms with Gasteiger partial charge in [0.1, 0.15) is 6.04 Å². The van der Waals surface area contributed by atoms with E-state index in [-0.39, 0.29) is 6.54 Å². The van der Waals surface area contributed by atoms with Gasteiger partial charge in [-0.25, -0.2) is 9.59 Å². The van der Waals surface area contributed by atoms with E-state index in [0.29, 0.717) is 10.7 Å². The summed E-state index contributed by atoms with van der Waals surface area (Å²) in [4.78, 5) is 24.3. The molecule has 0 aliphatic rings. The number of carbonyl (C=O) groups is 2. The molecule has 0 aliphatic carbocycles. The number of hydrogen-bond donors (Lipinski definition) is 3. The number of carboxylic acid groups (broad SMARTS) is 1. The third kappa shape index (κ3) is 5.58. The van der Waals surface area contributed by atoms with Crippen LogP contribution in [-0.2, 0) is 4.79 Å². The monoisotopic (exact) mass is 285 g/mol. The number of benzene rings is 1. The highest BCUT2D eigenvalue weighted by Gasteiger charge is 2.20. The second-order valence-corrected chi connectivity index (χ2v) is 4.69. The van der Waals surface area contributed by atoms with Gasteiger partial charge >= 0.3 is 12.0 Å². The summed E-state index contributed by atoms with van der Waals surface area (Å²) < 4.78 is 0. The average Bonchev–Trinajstić information content (AvgIpc) is 2.30. The first kappa shape index (κ1) is 15.3. The molecule has 0 fully saturated rings. The van der Waals surface area contributed by atoms with Gasteiger partial charge in [-0.3, -0.25) is 0 Å². The third-order valence-corrected chi connectivity index (χ3v) is 2.51. The van der Waals surface area contributed by atoms with Crippen LogP contribution in [0.4, 0.5) is 10.5 Å². The van der Waals surface area contributed by atoms with Gasteiger partial charge in [-0.15, -0.1) is 0 Å². The maximum atomic E-state index is 11.7. The molecule has 0 radical (unpaired) electrons. The second kappa shape index (κ2) is 6.96. The summed E-state index contributed by atoms with van der Waals surface area (Å²) in [5, 5.41) is 14.5. The van der Waals surface area contributed by atoms with Gasteiger partial charge in [0, 0.05) is 17.3 Å². The van der Waals surface area contributed by atoms with Crippen molar-refractivity contribution in [1.82, 2.24) is 10.2 Å². The maximum Gasteiger partial charge on any atom is 0.327 e. The van der Waals surface area contributed by atoms with Crippen molar-refractivity contribution in [2.24, 2.45) is 0 Å². The minimum absolute atomic E-state index is 0.212. The van der Waals surface area contributed by atoms with E-state index in [2.05, 4.69) is 10.6 Å². The number of carboxylic acids is 1. The summed E-state index contributed by atoms with van der Waals surface area (Å²) in [7, 11) is 3.46. The van der Waals surface area contributed by atoms with E-state index < -0.39 is 18.0 Å². The number of carbonyl (C=O) groups excluding carboxylic acids is 1. The molecule has 0 spiro atoms. The van der Waals surface area contributed by atoms with Crippen molar-refractivity contribution in [2.75, 3.05) is 26.0 Å². The summed E-state index contributed by atoms with van der Waals surface area (Å²) in [6, 6.07) is 4.98. The number of urea groups is 1. The van der Waals surface area contributed by atoms with Crippen LogP contribution in [0.25, 0.3) is 0 Å². The molecule has 1 aromatic carbocycles. The largest absolute Gasteiger partial charge is 0.480 e. The molecule has 7 heteroatoms. The van der Waals surface area contributed by atoms with Crippen LogP contribution in [0.1, 0.15) is 0 Å². The Morgan fingerprint density at radius 1 is 1.32 bits per heavy atom. The Balaban J connectivity index is 2.57. The first-order valence-corrected chi connectivity index (χ1v) is 5.97. The summed E-state index contributed by atoms with van der Waals surface area (Å²) in [6.45, 7) is 0.212. The van der Waals surface area contributed by atoms with Crippen molar-refractivity contribution in [3.63, 3.8) is 0 Å². The quantitative estimate of drug-likeness (QED) is 0.765. The Morgan fingerprint density at radius 2 is 1.89 bits per heavy atom. The number of amides is 2. The van der Waals surface area contributed by atoms with Gasteiger partial charge in [0.25, 0.3) is 0 Å². The van der Waals surface area contributed by atoms with Crippen molar-refractivity contribution in [2.45, 2.75) is 6.04 Å². The molecule has 0 aromatic heterocycles. The van der Waals surface area contributed by atoms with Crippen molar-refractivity contribution >= 4 is 29.3 Å². The van der Waals surface area contributed by atoms with Crippen LogP contribution in [0.15, 0.2) is 24.3 Å². The number of aliphatic carboxylic acids is 1. The summed E-state index contributed by atoms with van der Waals surface area (Å²) in [5.74, 6) is -1.08. The predicted molar refractivity (Wildman–Crippen MR) is 73.6 cm³/mol. The van der Waals surface area contributed by atoms with Gasteiger partial charge in [0.15, 0.2) is 0 Å². The first-order valence-electron chi connectivity index (χ1n) is 5.59. The molecule has 1 atom stereocenters. The highest BCUT2D eigenvalue weighted by molar-refractivity contribution is 6.30. The van der Waals surface area contributed by atoms with E-state index >= 15 is 0 Å². The lowest BCUT2D eigenvalue weighted by Crippen LogP contribution is -2.48. The molecule has 0 saturated heterocycles. The fourth-order valence-corrected chi connectivity index (χ4v) is 1.54. The predicted octanol–water partition coefficient (Wildman–Crippen LogP) is 1.48. The van der Waals surface area contributed by atoms with E-state index in [4.69, 9.17) is 16.7 Å². The minimum atomic E-state index is -1.08. The van der Waals surface area contributed by atoms with E-state index in [1.54, 1.807) is 43.3 Å². The van der Waals surface area contributed by atoms with Gasteiger partial charge in [0.2, 0.25) is 0 Å². The number of likely N-dealkylation sites (N-methyl/N-ethyl adjacent to an activating group) is 1. The Bertz CT molecular complexity index is 448. The first-order chi connectivity index (χ1) is 8.88. The molecule has 0 heterocycles. The zero-order valence-corrected chi connectivity index (χ0v) is 11.4. The molecule has 19 heavy (non-hydrogen) atoms. The zero-order chi connectivity index (χ0) is 14.4. The lowest BCUT2D eigenvalue weighted by Gasteiger charge is -2.18. The summed E-state index contributed by atoms with van der Waals surface area (Å²) in [6.07, 6.45) is 0. The van der Waals surface area contributed by atoms with Crippen LogP contribution >= 0.6 is 11.6 Å². The molecule has 3 N–H and O–H groups in total. The van der Waals surface area contributed by atoms with Crippen molar-refractivity contribution in [3.05, 3.63) is 29.3 Å². The van der Waals surface area contributed by atoms with E-state index in [9.17, 15) is 9.59 Å². The van der Waals surface area contributed by atoms with E-state index in [0.717, 1.165) is 0 Å². The normalized spacial score (nSPS) is 12.0. The van der Waals surface area contributed by atoms with E-state index in [1.165, 1.54) is 0 Å². The molecule has 1 rings (SSSR count). The van der Waals surface area contributed by atoms with Gasteiger partial charge in [-0.2, -0.15) is 0 Å². The van der Waals surface area contributed by atoms with Gasteiger partial charge < -0.3 is 20.6 Å². The van der Waals surface area contributed by atoms with Crippen LogP contribution in [0, 0.1) is 0 Å². The molecule has 6 nitrogen and oxygen atoms in total. The van der Waals surface area contributed by atoms with Crippen LogP contribution in [-0.4, -0.2) is 48.7 Å². The summed E-state index contributed by atoms with van der Waals surface area (Å²) >= 11 is 5.72. The number of anilines is 1. The standard InChI is InChI=1S/C12H16ClN3O3/c1-16(2)7-10(11(17)18)15-12(19)14-9-5-3-8(13)4-6-9/h3-6,10H,7H2,1-2H3,(H,17,18)(H2,14,15,19). The van der Waals surface area contributed by atoms with Crippen molar-refractivity contribution in [1.29, 1.82) is 0 Å². The second-order valence-electron chi connectivity index (χ2n) is 4.26. The topological polar surface area (TPSA) is 81.7 Å². The highest BCUT2D eigenvalue weighted by Crippen LogP contribution is 2.13. The number of nitrogens with zero attached hydrogens (tertiary/aromatic N) is 1. The molecule has 0 saturated carbocycles. The highest BCUT2D eigenvalue weighted by atomic mass is 35.5. The fraction of sp³-hybridized carbons (Fsp3) is 0.333. The van der Waals surface area contributed by atoms with Crippen LogP contribution in [0.3, 0.4) is 0 Å². The average molecular weight is 286 g/mol. The zero-order valence-electron chi connectivity index (χ0n) is 10.7. The van der Waals surface area contributed by atoms with Crippen molar-refractivity contribution < 1.29 is 14.7 Å². The van der Waals surface area contributed by atoms with Gasteiger partial charge in [-0.1, -0.05) is 11.6 Å². The molecule has 0 aliphatic heterocycles. The van der Waals surface area contributed by atoms with Crippen molar-refractivity contribution in [3.8, 4) is 0 Å². The number of halogens is 1. The fourth-order valence-electron chi connectivity index (χ4n) is 1.41. The maximum absolute atomic E-state index is 11.7. The summed E-state index contributed by atoms with van der Waals surface area (Å²) in [5.41, 5.74) is 0.538. The lowest BCUT2D eigenvalue weighted by atomic mass is 10.3. The Kier molecular flexibility index (Phi) is 5.59. The molecule has 1 aromatic rings. The smallest absolute Gasteiger partial charge is 0.327 e. The Labute approximate surface area is 116 Å². The number of rotatable bonds is 5. The molecular weight excluding hydrogens is 270 g/mol. The minimum Gasteiger partial charge on any atom is -0.480 e. The number of nitrogens with one attached hydrogen (secondary N) is 2. The van der Waals surface area contributed by atoms with Gasteiger partial charge in [0.05, 0.1) is 0 Å². The van der Waals surface area contributed by atoms with Crippen LogP contribution in [0.5, 0.6) is 0 Å². The van der Waals surface area contributed by atoms with Gasteiger partial charge in [-0.05, 0) is 38.4 Å². The SMILES string of the molecule is CN(C)CC(NC(=O)Nc1ccc(Cl)cc1)C(=O)O. The molecule has 104 valence electrons. The molecule has 1 unspecified atom stereocenters. The van der Waals surface area contributed by atoms with Crippen LogP contribution < -0.4 is 10.6 Å². The Morgan fingerprint density at radius 3 is 2.37 bits per heavy atom. The number of hydrogen-bond acceptors (Lipinski definition) is 3. The third-order valence-electron chi connectivity index (χ3n) is 2.25. The Hall–Kier alpha value is -1.79. The molecule has 0 bridgehead atoms. The van der Waals surface area contributed by atoms with Crippen LogP contribution in [0.2, 0.25) is 5.02 Å². The molecule has 2 amide bonds. The molecular formula is C12H16ClN3O3.